The number of hydrogen-bond donors (Lipinski definition) is 1. The van der Waals surface area contributed by atoms with Gasteiger partial charge in [-0.1, -0.05) is 25.3 Å². The molecule has 1 aromatic carbocycles. The van der Waals surface area contributed by atoms with Crippen LogP contribution in [0.3, 0.4) is 0 Å². The van der Waals surface area contributed by atoms with E-state index >= 15 is 0 Å². The first-order valence-corrected chi connectivity index (χ1v) is 7.00. The molecule has 1 aromatic rings. The normalized spacial score (nSPS) is 9.80. The van der Waals surface area contributed by atoms with Gasteiger partial charge in [0, 0.05) is 12.2 Å². The van der Waals surface area contributed by atoms with Gasteiger partial charge in [0.25, 0.3) is 0 Å². The number of carbonyl (C=O) groups is 4. The minimum Gasteiger partial charge on any atom is -0.478 e. The fourth-order valence-electron chi connectivity index (χ4n) is 1.65. The largest absolute Gasteiger partial charge is 0.478 e. The number of benzene rings is 1. The van der Waals surface area contributed by atoms with Gasteiger partial charge >= 0.3 is 23.9 Å². The van der Waals surface area contributed by atoms with Gasteiger partial charge in [-0.2, -0.15) is 0 Å². The van der Waals surface area contributed by atoms with E-state index in [4.69, 9.17) is 19.3 Å². The molecule has 0 aliphatic carbocycles. The Kier molecular flexibility index (Phi) is 7.58. The van der Waals surface area contributed by atoms with E-state index in [0.717, 1.165) is 12.2 Å². The van der Waals surface area contributed by atoms with Gasteiger partial charge in [0.05, 0.1) is 11.1 Å². The third-order valence-corrected chi connectivity index (χ3v) is 2.81. The van der Waals surface area contributed by atoms with E-state index in [9.17, 15) is 19.2 Å². The molecule has 0 heterocycles. The molecular weight excluding hydrogens is 332 g/mol. The highest BCUT2D eigenvalue weighted by atomic mass is 16.6. The summed E-state index contributed by atoms with van der Waals surface area (Å²) in [6.07, 6.45) is 0.685. The number of carboxylic acid groups (broad SMARTS) is 1. The molecule has 0 saturated carbocycles. The van der Waals surface area contributed by atoms with E-state index in [1.165, 1.54) is 24.3 Å². The first kappa shape index (κ1) is 19.6. The molecule has 132 valence electrons. The summed E-state index contributed by atoms with van der Waals surface area (Å²) in [6.45, 7) is 5.63. The number of hydrogen-bond acceptors (Lipinski definition) is 7. The number of esters is 3. The van der Waals surface area contributed by atoms with Crippen LogP contribution in [0, 0.1) is 0 Å². The number of carboxylic acids is 1. The summed E-state index contributed by atoms with van der Waals surface area (Å²) in [7, 11) is 0. The van der Waals surface area contributed by atoms with Crippen molar-refractivity contribution in [3.05, 3.63) is 60.7 Å². The van der Waals surface area contributed by atoms with Crippen LogP contribution < -0.4 is 0 Å². The molecule has 0 aromatic heterocycles. The highest BCUT2D eigenvalue weighted by Gasteiger charge is 2.23. The van der Waals surface area contributed by atoms with Crippen LogP contribution in [0.2, 0.25) is 0 Å². The molecule has 1 rings (SSSR count). The minimum absolute atomic E-state index is 0.190. The second-order valence-corrected chi connectivity index (χ2v) is 4.55. The van der Waals surface area contributed by atoms with Crippen molar-refractivity contribution in [1.29, 1.82) is 0 Å². The van der Waals surface area contributed by atoms with Crippen LogP contribution in [-0.4, -0.2) is 48.3 Å². The molecule has 0 atom stereocenters. The second kappa shape index (κ2) is 9.66. The molecule has 25 heavy (non-hydrogen) atoms. The van der Waals surface area contributed by atoms with Gasteiger partial charge in [0.1, 0.15) is 13.2 Å². The van der Waals surface area contributed by atoms with E-state index < -0.39 is 43.2 Å². The van der Waals surface area contributed by atoms with E-state index in [0.29, 0.717) is 0 Å². The van der Waals surface area contributed by atoms with Gasteiger partial charge < -0.3 is 19.3 Å². The van der Waals surface area contributed by atoms with Gasteiger partial charge in [-0.05, 0) is 12.1 Å². The van der Waals surface area contributed by atoms with Crippen LogP contribution in [0.4, 0.5) is 0 Å². The van der Waals surface area contributed by atoms with E-state index in [-0.39, 0.29) is 11.1 Å². The second-order valence-electron chi connectivity index (χ2n) is 4.55. The standard InChI is InChI=1S/C17H16O8/c1-3-14(18)23-9-11(10-24-15(19)4-2)25-17(22)13-8-6-5-7-12(13)16(20)21/h3-8,11H,1-2,9-10H2,(H,20,21). The topological polar surface area (TPSA) is 116 Å². The van der Waals surface area contributed by atoms with Gasteiger partial charge in [0.15, 0.2) is 6.10 Å². The Hall–Kier alpha value is -3.42. The molecule has 8 nitrogen and oxygen atoms in total. The van der Waals surface area contributed by atoms with Crippen LogP contribution in [0.25, 0.3) is 0 Å². The molecule has 8 heteroatoms. The van der Waals surface area contributed by atoms with Crippen molar-refractivity contribution >= 4 is 23.9 Å². The summed E-state index contributed by atoms with van der Waals surface area (Å²) in [6, 6.07) is 5.43. The molecule has 0 saturated heterocycles. The first-order valence-electron chi connectivity index (χ1n) is 7.00. The minimum atomic E-state index is -1.31. The number of carbonyl (C=O) groups excluding carboxylic acids is 3. The number of ether oxygens (including phenoxy) is 3. The average Bonchev–Trinajstić information content (AvgIpc) is 2.62. The summed E-state index contributed by atoms with van der Waals surface area (Å²) in [5, 5.41) is 9.10. The highest BCUT2D eigenvalue weighted by Crippen LogP contribution is 2.12. The third-order valence-electron chi connectivity index (χ3n) is 2.81. The molecule has 0 aliphatic heterocycles. The SMILES string of the molecule is C=CC(=O)OCC(COC(=O)C=C)OC(=O)c1ccccc1C(=O)O. The summed E-state index contributed by atoms with van der Waals surface area (Å²) in [5.74, 6) is -3.79. The van der Waals surface area contributed by atoms with Gasteiger partial charge in [-0.25, -0.2) is 19.2 Å². The average molecular weight is 348 g/mol. The molecule has 0 bridgehead atoms. The van der Waals surface area contributed by atoms with Crippen LogP contribution in [0.5, 0.6) is 0 Å². The van der Waals surface area contributed by atoms with Crippen molar-refractivity contribution in [3.8, 4) is 0 Å². The summed E-state index contributed by atoms with van der Waals surface area (Å²) in [5.41, 5.74) is -0.442. The quantitative estimate of drug-likeness (QED) is 0.404. The Morgan fingerprint density at radius 2 is 1.44 bits per heavy atom. The van der Waals surface area contributed by atoms with Crippen molar-refractivity contribution in [3.63, 3.8) is 0 Å². The Balaban J connectivity index is 2.87. The molecule has 0 spiro atoms. The highest BCUT2D eigenvalue weighted by molar-refractivity contribution is 6.02. The van der Waals surface area contributed by atoms with Gasteiger partial charge in [0.2, 0.25) is 0 Å². The number of rotatable bonds is 9. The lowest BCUT2D eigenvalue weighted by molar-refractivity contribution is -0.146. The lowest BCUT2D eigenvalue weighted by Crippen LogP contribution is -2.31. The van der Waals surface area contributed by atoms with Crippen molar-refractivity contribution in [1.82, 2.24) is 0 Å². The maximum atomic E-state index is 12.2. The molecule has 0 radical (unpaired) electrons. The van der Waals surface area contributed by atoms with E-state index in [1.54, 1.807) is 0 Å². The van der Waals surface area contributed by atoms with Crippen molar-refractivity contribution in [2.45, 2.75) is 6.10 Å². The fourth-order valence-corrected chi connectivity index (χ4v) is 1.65. The Bertz CT molecular complexity index is 668. The van der Waals surface area contributed by atoms with Crippen molar-refractivity contribution in [2.75, 3.05) is 13.2 Å². The van der Waals surface area contributed by atoms with E-state index in [2.05, 4.69) is 13.2 Å². The molecule has 0 fully saturated rings. The molecule has 1 N–H and O–H groups in total. The number of aromatic carboxylic acids is 1. The Morgan fingerprint density at radius 3 is 1.88 bits per heavy atom. The summed E-state index contributed by atoms with van der Waals surface area (Å²) >= 11 is 0. The lowest BCUT2D eigenvalue weighted by atomic mass is 10.1. The van der Waals surface area contributed by atoms with Crippen molar-refractivity contribution < 1.29 is 38.5 Å². The molecule has 0 aliphatic rings. The van der Waals surface area contributed by atoms with Crippen molar-refractivity contribution in [2.24, 2.45) is 0 Å². The summed E-state index contributed by atoms with van der Waals surface area (Å²) < 4.78 is 14.6. The smallest absolute Gasteiger partial charge is 0.339 e. The zero-order valence-corrected chi connectivity index (χ0v) is 13.2. The third kappa shape index (κ3) is 6.30. The molecule has 0 amide bonds. The lowest BCUT2D eigenvalue weighted by Gasteiger charge is -2.18. The maximum absolute atomic E-state index is 12.2. The van der Waals surface area contributed by atoms with Gasteiger partial charge in [-0.3, -0.25) is 0 Å². The van der Waals surface area contributed by atoms with Crippen LogP contribution in [-0.2, 0) is 23.8 Å². The van der Waals surface area contributed by atoms with Crippen LogP contribution in [0.1, 0.15) is 20.7 Å². The predicted molar refractivity (Wildman–Crippen MR) is 84.9 cm³/mol. The summed E-state index contributed by atoms with van der Waals surface area (Å²) in [4.78, 5) is 45.6. The van der Waals surface area contributed by atoms with Gasteiger partial charge in [-0.15, -0.1) is 0 Å². The van der Waals surface area contributed by atoms with E-state index in [1.807, 2.05) is 0 Å². The first-order chi connectivity index (χ1) is 11.9. The zero-order chi connectivity index (χ0) is 18.8. The molecule has 0 unspecified atom stereocenters. The van der Waals surface area contributed by atoms with Crippen LogP contribution >= 0.6 is 0 Å². The maximum Gasteiger partial charge on any atom is 0.339 e. The van der Waals surface area contributed by atoms with Crippen LogP contribution in [0.15, 0.2) is 49.6 Å². The Morgan fingerprint density at radius 1 is 0.960 bits per heavy atom. The zero-order valence-electron chi connectivity index (χ0n) is 13.2. The Labute approximate surface area is 143 Å². The monoisotopic (exact) mass is 348 g/mol. The molecular formula is C17H16O8. The predicted octanol–water partition coefficient (Wildman–Crippen LogP) is 1.37. The fraction of sp³-hybridized carbons (Fsp3) is 0.176.